The predicted octanol–water partition coefficient (Wildman–Crippen LogP) is 2.37. The lowest BCUT2D eigenvalue weighted by Crippen LogP contribution is -2.35. The van der Waals surface area contributed by atoms with Crippen LogP contribution in [0.1, 0.15) is 39.5 Å². The molecule has 3 heteroatoms. The van der Waals surface area contributed by atoms with Gasteiger partial charge in [-0.05, 0) is 39.7 Å². The predicted molar refractivity (Wildman–Crippen MR) is 65.3 cm³/mol. The normalized spacial score (nSPS) is 22.1. The van der Waals surface area contributed by atoms with Crippen LogP contribution in [0.5, 0.6) is 0 Å². The van der Waals surface area contributed by atoms with Crippen molar-refractivity contribution < 1.29 is 9.53 Å². The van der Waals surface area contributed by atoms with Gasteiger partial charge in [0.25, 0.3) is 0 Å². The van der Waals surface area contributed by atoms with E-state index in [0.29, 0.717) is 18.5 Å². The van der Waals surface area contributed by atoms with Crippen LogP contribution < -0.4 is 0 Å². The van der Waals surface area contributed by atoms with Crippen LogP contribution in [0.25, 0.3) is 0 Å². The Kier molecular flexibility index (Phi) is 5.53. The molecular weight excluding hydrogens is 202 g/mol. The lowest BCUT2D eigenvalue weighted by molar-refractivity contribution is -0.139. The van der Waals surface area contributed by atoms with Crippen LogP contribution in [0.2, 0.25) is 0 Å². The summed E-state index contributed by atoms with van der Waals surface area (Å²) < 4.78 is 4.58. The Morgan fingerprint density at radius 2 is 2.25 bits per heavy atom. The fraction of sp³-hybridized carbons (Fsp3) is 0.769. The molecule has 3 nitrogen and oxygen atoms in total. The number of carbonyl (C=O) groups excluding carboxylic acids is 1. The number of hydrogen-bond acceptors (Lipinski definition) is 3. The van der Waals surface area contributed by atoms with Crippen molar-refractivity contribution in [1.29, 1.82) is 0 Å². The number of rotatable bonds is 5. The van der Waals surface area contributed by atoms with E-state index >= 15 is 0 Å². The van der Waals surface area contributed by atoms with Gasteiger partial charge < -0.3 is 4.74 Å². The Morgan fingerprint density at radius 3 is 2.88 bits per heavy atom. The zero-order valence-electron chi connectivity index (χ0n) is 10.6. The molecule has 1 heterocycles. The molecule has 0 aromatic heterocycles. The molecule has 1 rings (SSSR count). The van der Waals surface area contributed by atoms with Crippen molar-refractivity contribution in [2.24, 2.45) is 0 Å². The first-order valence-electron chi connectivity index (χ1n) is 6.12. The van der Waals surface area contributed by atoms with Gasteiger partial charge in [0, 0.05) is 12.1 Å². The van der Waals surface area contributed by atoms with E-state index in [0.717, 1.165) is 6.42 Å². The fourth-order valence-corrected chi connectivity index (χ4v) is 2.31. The van der Waals surface area contributed by atoms with Gasteiger partial charge in [0.15, 0.2) is 0 Å². The Hall–Kier alpha value is -0.830. The minimum atomic E-state index is -0.164. The molecule has 0 amide bonds. The first-order valence-corrected chi connectivity index (χ1v) is 6.12. The van der Waals surface area contributed by atoms with Crippen LogP contribution in [-0.2, 0) is 9.53 Å². The van der Waals surface area contributed by atoms with E-state index < -0.39 is 0 Å². The van der Waals surface area contributed by atoms with Crippen LogP contribution in [0.4, 0.5) is 0 Å². The topological polar surface area (TPSA) is 29.5 Å². The number of methoxy groups -OCH3 is 1. The van der Waals surface area contributed by atoms with Gasteiger partial charge in [-0.2, -0.15) is 0 Å². The maximum Gasteiger partial charge on any atom is 0.309 e. The van der Waals surface area contributed by atoms with Crippen LogP contribution in [0, 0.1) is 0 Å². The summed E-state index contributed by atoms with van der Waals surface area (Å²) >= 11 is 0. The second kappa shape index (κ2) is 6.69. The highest BCUT2D eigenvalue weighted by Crippen LogP contribution is 2.22. The number of esters is 1. The highest BCUT2D eigenvalue weighted by atomic mass is 16.5. The molecule has 0 spiro atoms. The Bertz CT molecular complexity index is 248. The monoisotopic (exact) mass is 225 g/mol. The summed E-state index contributed by atoms with van der Waals surface area (Å²) in [6, 6.07) is 1.29. The van der Waals surface area contributed by atoms with Gasteiger partial charge in [-0.15, -0.1) is 0 Å². The van der Waals surface area contributed by atoms with Crippen molar-refractivity contribution in [3.63, 3.8) is 0 Å². The Balaban J connectivity index is 2.28. The van der Waals surface area contributed by atoms with Gasteiger partial charge in [0.05, 0.1) is 13.5 Å². The molecule has 0 N–H and O–H groups in total. The van der Waals surface area contributed by atoms with Gasteiger partial charge in [-0.25, -0.2) is 0 Å². The highest BCUT2D eigenvalue weighted by molar-refractivity contribution is 5.70. The van der Waals surface area contributed by atoms with Crippen LogP contribution in [0.3, 0.4) is 0 Å². The third kappa shape index (κ3) is 3.97. The summed E-state index contributed by atoms with van der Waals surface area (Å²) in [5, 5.41) is 0. The van der Waals surface area contributed by atoms with Crippen molar-refractivity contribution >= 4 is 5.97 Å². The van der Waals surface area contributed by atoms with Gasteiger partial charge in [0.1, 0.15) is 0 Å². The lowest BCUT2D eigenvalue weighted by Gasteiger charge is -2.27. The average molecular weight is 225 g/mol. The summed E-state index contributed by atoms with van der Waals surface area (Å²) in [5.74, 6) is -0.164. The molecule has 0 aromatic rings. The van der Waals surface area contributed by atoms with Crippen molar-refractivity contribution in [3.8, 4) is 0 Å². The first kappa shape index (κ1) is 13.2. The van der Waals surface area contributed by atoms with E-state index in [4.69, 9.17) is 0 Å². The molecule has 0 saturated carbocycles. The van der Waals surface area contributed by atoms with Crippen LogP contribution in [0.15, 0.2) is 12.2 Å². The molecular formula is C13H23NO2. The van der Waals surface area contributed by atoms with E-state index in [1.807, 2.05) is 6.08 Å². The second-order valence-corrected chi connectivity index (χ2v) is 4.61. The molecule has 0 radical (unpaired) electrons. The van der Waals surface area contributed by atoms with Gasteiger partial charge in [0.2, 0.25) is 0 Å². The summed E-state index contributed by atoms with van der Waals surface area (Å²) in [5.41, 5.74) is 0. The highest BCUT2D eigenvalue weighted by Gasteiger charge is 2.24. The van der Waals surface area contributed by atoms with Crippen molar-refractivity contribution in [2.45, 2.75) is 51.6 Å². The largest absolute Gasteiger partial charge is 0.469 e. The van der Waals surface area contributed by atoms with E-state index in [9.17, 15) is 4.79 Å². The molecule has 0 aliphatic carbocycles. The lowest BCUT2D eigenvalue weighted by atomic mass is 10.1. The molecule has 1 unspecified atom stereocenters. The minimum absolute atomic E-state index is 0.164. The maximum absolute atomic E-state index is 10.9. The molecule has 0 aromatic carbocycles. The summed E-state index contributed by atoms with van der Waals surface area (Å²) in [7, 11) is 1.42. The van der Waals surface area contributed by atoms with E-state index in [1.54, 1.807) is 0 Å². The van der Waals surface area contributed by atoms with Crippen molar-refractivity contribution in [1.82, 2.24) is 4.90 Å². The van der Waals surface area contributed by atoms with Crippen LogP contribution >= 0.6 is 0 Å². The molecule has 1 fully saturated rings. The van der Waals surface area contributed by atoms with E-state index in [1.165, 1.54) is 26.5 Å². The molecule has 92 valence electrons. The van der Waals surface area contributed by atoms with E-state index in [-0.39, 0.29) is 5.97 Å². The number of carbonyl (C=O) groups is 1. The van der Waals surface area contributed by atoms with Crippen molar-refractivity contribution in [2.75, 3.05) is 13.7 Å². The molecule has 1 aliphatic heterocycles. The Morgan fingerprint density at radius 1 is 1.50 bits per heavy atom. The number of nitrogens with zero attached hydrogens (tertiary/aromatic N) is 1. The SMILES string of the molecule is COC(=O)C/C=C\CC1CCCN1C(C)C. The first-order chi connectivity index (χ1) is 7.65. The Labute approximate surface area is 98.5 Å². The number of hydrogen-bond donors (Lipinski definition) is 0. The fourth-order valence-electron chi connectivity index (χ4n) is 2.31. The van der Waals surface area contributed by atoms with Gasteiger partial charge in [-0.1, -0.05) is 12.2 Å². The number of ether oxygens (including phenoxy) is 1. The second-order valence-electron chi connectivity index (χ2n) is 4.61. The molecule has 1 aliphatic rings. The zero-order chi connectivity index (χ0) is 12.0. The van der Waals surface area contributed by atoms with Gasteiger partial charge in [-0.3, -0.25) is 9.69 Å². The number of likely N-dealkylation sites (tertiary alicyclic amines) is 1. The molecule has 1 atom stereocenters. The van der Waals surface area contributed by atoms with Crippen LogP contribution in [-0.4, -0.2) is 36.6 Å². The quantitative estimate of drug-likeness (QED) is 0.531. The van der Waals surface area contributed by atoms with Crippen molar-refractivity contribution in [3.05, 3.63) is 12.2 Å². The summed E-state index contributed by atoms with van der Waals surface area (Å²) in [6.07, 6.45) is 8.06. The molecule has 16 heavy (non-hydrogen) atoms. The van der Waals surface area contributed by atoms with E-state index in [2.05, 4.69) is 29.6 Å². The third-order valence-electron chi connectivity index (χ3n) is 3.17. The maximum atomic E-state index is 10.9. The smallest absolute Gasteiger partial charge is 0.309 e. The molecule has 0 bridgehead atoms. The zero-order valence-corrected chi connectivity index (χ0v) is 10.6. The summed E-state index contributed by atoms with van der Waals surface area (Å²) in [6.45, 7) is 5.71. The minimum Gasteiger partial charge on any atom is -0.469 e. The summed E-state index contributed by atoms with van der Waals surface area (Å²) in [4.78, 5) is 13.4. The average Bonchev–Trinajstić information content (AvgIpc) is 2.72. The molecule has 1 saturated heterocycles. The third-order valence-corrected chi connectivity index (χ3v) is 3.17. The van der Waals surface area contributed by atoms with Gasteiger partial charge >= 0.3 is 5.97 Å². The standard InChI is InChI=1S/C13H23NO2/c1-11(2)14-10-6-8-12(14)7-4-5-9-13(15)16-3/h4-5,11-12H,6-10H2,1-3H3/b5-4-.